The maximum Gasteiger partial charge on any atom is 0.412 e. The number of fused-ring (bicyclic) bond motifs is 1. The van der Waals surface area contributed by atoms with Crippen LogP contribution >= 0.6 is 0 Å². The number of esters is 1. The molecular formula is C27H33N3O7. The molecule has 1 N–H and O–H groups in total. The molecule has 2 aliphatic rings. The van der Waals surface area contributed by atoms with Gasteiger partial charge in [0, 0.05) is 25.2 Å². The number of nitrogens with one attached hydrogen (secondary N) is 1. The smallest absolute Gasteiger partial charge is 0.412 e. The van der Waals surface area contributed by atoms with Crippen LogP contribution in [-0.4, -0.2) is 68.0 Å². The molecule has 0 radical (unpaired) electrons. The van der Waals surface area contributed by atoms with E-state index in [1.807, 2.05) is 30.3 Å². The van der Waals surface area contributed by atoms with Gasteiger partial charge in [0.05, 0.1) is 30.6 Å². The molecule has 1 fully saturated rings. The number of nitrogens with zero attached hydrogens (tertiary/aromatic N) is 2. The molecular weight excluding hydrogens is 478 g/mol. The van der Waals surface area contributed by atoms with Crippen molar-refractivity contribution in [2.24, 2.45) is 0 Å². The number of anilines is 2. The van der Waals surface area contributed by atoms with Crippen molar-refractivity contribution in [1.29, 1.82) is 0 Å². The summed E-state index contributed by atoms with van der Waals surface area (Å²) in [4.78, 5) is 41.5. The number of methoxy groups -OCH3 is 1. The van der Waals surface area contributed by atoms with Gasteiger partial charge in [-0.3, -0.25) is 5.32 Å². The van der Waals surface area contributed by atoms with E-state index < -0.39 is 17.7 Å². The van der Waals surface area contributed by atoms with Crippen LogP contribution in [0.4, 0.5) is 21.0 Å². The maximum absolute atomic E-state index is 12.7. The van der Waals surface area contributed by atoms with E-state index in [1.165, 1.54) is 7.11 Å². The molecule has 4 rings (SSSR count). The van der Waals surface area contributed by atoms with Crippen LogP contribution in [0, 0.1) is 0 Å². The lowest BCUT2D eigenvalue weighted by Crippen LogP contribution is -2.43. The minimum Gasteiger partial charge on any atom is -0.489 e. The third kappa shape index (κ3) is 6.44. The summed E-state index contributed by atoms with van der Waals surface area (Å²) < 4.78 is 21.7. The highest BCUT2D eigenvalue weighted by Crippen LogP contribution is 2.39. The number of likely N-dealkylation sites (tertiary alicyclic amines) is 1. The van der Waals surface area contributed by atoms with E-state index in [4.69, 9.17) is 18.9 Å². The van der Waals surface area contributed by atoms with Gasteiger partial charge in [-0.05, 0) is 38.8 Å². The van der Waals surface area contributed by atoms with Gasteiger partial charge in [0.25, 0.3) is 0 Å². The number of carbonyl (C=O) groups is 3. The van der Waals surface area contributed by atoms with Gasteiger partial charge in [0.2, 0.25) is 0 Å². The molecule has 1 atom stereocenters. The topological polar surface area (TPSA) is 107 Å². The normalized spacial score (nSPS) is 16.9. The fraction of sp³-hybridized carbons (Fsp3) is 0.444. The highest BCUT2D eigenvalue weighted by Gasteiger charge is 2.35. The SMILES string of the molecule is COC(=O)c1cc2c(cc1NC(=O)OC(C)(C)C)OCCN2C1CCN(C(=O)OCc2ccccc2)C1. The lowest BCUT2D eigenvalue weighted by molar-refractivity contribution is 0.0601. The van der Waals surface area contributed by atoms with Crippen LogP contribution in [0.25, 0.3) is 0 Å². The molecule has 0 bridgehead atoms. The number of hydrogen-bond acceptors (Lipinski definition) is 8. The standard InChI is InChI=1S/C27H33N3O7/c1-27(2,3)37-25(32)28-21-15-23-22(14-20(21)24(31)34-4)30(12-13-35-23)19-10-11-29(16-19)26(33)36-17-18-8-6-5-7-9-18/h5-9,14-15,19H,10-13,16-17H2,1-4H3,(H,28,32). The van der Waals surface area contributed by atoms with Gasteiger partial charge in [-0.2, -0.15) is 0 Å². The molecule has 2 aromatic rings. The minimum absolute atomic E-state index is 0.0158. The van der Waals surface area contributed by atoms with E-state index in [-0.39, 0.29) is 30.0 Å². The summed E-state index contributed by atoms with van der Waals surface area (Å²) in [5.41, 5.74) is 1.35. The number of carbonyl (C=O) groups excluding carboxylic acids is 3. The third-order valence-electron chi connectivity index (χ3n) is 6.11. The Morgan fingerprint density at radius 1 is 1.11 bits per heavy atom. The highest BCUT2D eigenvalue weighted by atomic mass is 16.6. The van der Waals surface area contributed by atoms with E-state index in [1.54, 1.807) is 37.8 Å². The van der Waals surface area contributed by atoms with Gasteiger partial charge in [0.15, 0.2) is 0 Å². The predicted octanol–water partition coefficient (Wildman–Crippen LogP) is 4.43. The zero-order valence-corrected chi connectivity index (χ0v) is 21.6. The molecule has 2 aliphatic heterocycles. The van der Waals surface area contributed by atoms with E-state index in [9.17, 15) is 14.4 Å². The third-order valence-corrected chi connectivity index (χ3v) is 6.11. The zero-order valence-electron chi connectivity index (χ0n) is 21.6. The van der Waals surface area contributed by atoms with Crippen molar-refractivity contribution in [3.05, 3.63) is 53.6 Å². The van der Waals surface area contributed by atoms with Crippen molar-refractivity contribution < 1.29 is 33.3 Å². The number of hydrogen-bond donors (Lipinski definition) is 1. The number of ether oxygens (including phenoxy) is 4. The Kier molecular flexibility index (Phi) is 7.75. The molecule has 0 saturated carbocycles. The molecule has 37 heavy (non-hydrogen) atoms. The van der Waals surface area contributed by atoms with Crippen LogP contribution in [0.15, 0.2) is 42.5 Å². The van der Waals surface area contributed by atoms with Crippen molar-refractivity contribution in [3.63, 3.8) is 0 Å². The van der Waals surface area contributed by atoms with Crippen LogP contribution in [-0.2, 0) is 20.8 Å². The van der Waals surface area contributed by atoms with Gasteiger partial charge in [-0.15, -0.1) is 0 Å². The first-order valence-electron chi connectivity index (χ1n) is 12.3. The first kappa shape index (κ1) is 26.1. The second kappa shape index (κ2) is 11.0. The van der Waals surface area contributed by atoms with Crippen molar-refractivity contribution >= 4 is 29.5 Å². The van der Waals surface area contributed by atoms with E-state index in [2.05, 4.69) is 10.2 Å². The maximum atomic E-state index is 12.7. The van der Waals surface area contributed by atoms with Crippen molar-refractivity contribution in [3.8, 4) is 5.75 Å². The largest absolute Gasteiger partial charge is 0.489 e. The first-order chi connectivity index (χ1) is 17.6. The summed E-state index contributed by atoms with van der Waals surface area (Å²) in [7, 11) is 1.28. The Balaban J connectivity index is 1.49. The Morgan fingerprint density at radius 2 is 1.86 bits per heavy atom. The highest BCUT2D eigenvalue weighted by molar-refractivity contribution is 6.01. The van der Waals surface area contributed by atoms with Gasteiger partial charge in [0.1, 0.15) is 24.6 Å². The monoisotopic (exact) mass is 511 g/mol. The second-order valence-electron chi connectivity index (χ2n) is 9.95. The Labute approximate surface area is 216 Å². The summed E-state index contributed by atoms with van der Waals surface area (Å²) in [6, 6.07) is 12.8. The molecule has 10 nitrogen and oxygen atoms in total. The van der Waals surface area contributed by atoms with Gasteiger partial charge < -0.3 is 28.7 Å². The lowest BCUT2D eigenvalue weighted by atomic mass is 10.1. The molecule has 2 heterocycles. The van der Waals surface area contributed by atoms with Crippen molar-refractivity contribution in [1.82, 2.24) is 4.90 Å². The quantitative estimate of drug-likeness (QED) is 0.464. The van der Waals surface area contributed by atoms with Crippen molar-refractivity contribution in [2.45, 2.75) is 45.4 Å². The van der Waals surface area contributed by atoms with E-state index in [0.29, 0.717) is 37.7 Å². The minimum atomic E-state index is -0.701. The average molecular weight is 512 g/mol. The van der Waals surface area contributed by atoms with E-state index >= 15 is 0 Å². The molecule has 0 spiro atoms. The molecule has 2 amide bonds. The molecule has 198 valence electrons. The second-order valence-corrected chi connectivity index (χ2v) is 9.95. The Bertz CT molecular complexity index is 1150. The van der Waals surface area contributed by atoms with Gasteiger partial charge in [-0.1, -0.05) is 30.3 Å². The van der Waals surface area contributed by atoms with Crippen molar-refractivity contribution in [2.75, 3.05) is 43.6 Å². The van der Waals surface area contributed by atoms with Gasteiger partial charge in [-0.25, -0.2) is 14.4 Å². The number of amides is 2. The zero-order chi connectivity index (χ0) is 26.6. The molecule has 1 unspecified atom stereocenters. The van der Waals surface area contributed by atoms with Gasteiger partial charge >= 0.3 is 18.2 Å². The number of rotatable bonds is 5. The summed E-state index contributed by atoms with van der Waals surface area (Å²) in [6.07, 6.45) is -0.302. The fourth-order valence-corrected chi connectivity index (χ4v) is 4.43. The number of benzene rings is 2. The Morgan fingerprint density at radius 3 is 2.57 bits per heavy atom. The molecule has 0 aliphatic carbocycles. The molecule has 0 aromatic heterocycles. The van der Waals surface area contributed by atoms with Crippen LogP contribution in [0.3, 0.4) is 0 Å². The Hall–Kier alpha value is -3.95. The lowest BCUT2D eigenvalue weighted by Gasteiger charge is -2.36. The summed E-state index contributed by atoms with van der Waals surface area (Å²) in [5.74, 6) is -0.0769. The predicted molar refractivity (Wildman–Crippen MR) is 137 cm³/mol. The first-order valence-corrected chi connectivity index (χ1v) is 12.3. The summed E-state index contributed by atoms with van der Waals surface area (Å²) in [5, 5.41) is 2.64. The molecule has 2 aromatic carbocycles. The van der Waals surface area contributed by atoms with E-state index in [0.717, 1.165) is 12.0 Å². The summed E-state index contributed by atoms with van der Waals surface area (Å²) in [6.45, 7) is 7.54. The van der Waals surface area contributed by atoms with Crippen LogP contribution in [0.2, 0.25) is 0 Å². The summed E-state index contributed by atoms with van der Waals surface area (Å²) >= 11 is 0. The molecule has 10 heteroatoms. The van der Waals surface area contributed by atoms with Crippen LogP contribution in [0.5, 0.6) is 5.75 Å². The molecule has 1 saturated heterocycles. The van der Waals surface area contributed by atoms with Crippen LogP contribution < -0.4 is 15.0 Å². The average Bonchev–Trinajstić information content (AvgIpc) is 3.36. The fourth-order valence-electron chi connectivity index (χ4n) is 4.43. The van der Waals surface area contributed by atoms with Crippen LogP contribution in [0.1, 0.15) is 43.1 Å².